The number of hydrogen-bond donors (Lipinski definition) is 3. The van der Waals surface area contributed by atoms with E-state index in [1.54, 1.807) is 6.20 Å². The Balaban J connectivity index is 1.31. The van der Waals surface area contributed by atoms with Crippen LogP contribution in [0.4, 0.5) is 17.2 Å². The largest absolute Gasteiger partial charge is 0.349 e. The highest BCUT2D eigenvalue weighted by molar-refractivity contribution is 5.95. The minimum Gasteiger partial charge on any atom is -0.349 e. The van der Waals surface area contributed by atoms with Crippen LogP contribution in [0.1, 0.15) is 37.7 Å². The van der Waals surface area contributed by atoms with E-state index in [0.29, 0.717) is 0 Å². The van der Waals surface area contributed by atoms with Crippen molar-refractivity contribution in [1.82, 2.24) is 19.9 Å². The van der Waals surface area contributed by atoms with Crippen LogP contribution in [0.15, 0.2) is 91.1 Å². The van der Waals surface area contributed by atoms with Gasteiger partial charge in [0.15, 0.2) is 5.82 Å². The fraction of sp³-hybridized carbons (Fsp3) is 0.200. The van der Waals surface area contributed by atoms with Gasteiger partial charge >= 0.3 is 0 Å². The van der Waals surface area contributed by atoms with Crippen molar-refractivity contribution >= 4 is 29.5 Å². The molecule has 0 saturated heterocycles. The lowest BCUT2D eigenvalue weighted by Gasteiger charge is -2.42. The molecule has 2 amide bonds. The summed E-state index contributed by atoms with van der Waals surface area (Å²) in [6.45, 7) is 0. The molecule has 8 nitrogen and oxygen atoms in total. The molecule has 3 aromatic carbocycles. The van der Waals surface area contributed by atoms with Crippen LogP contribution in [-0.4, -0.2) is 26.9 Å². The van der Waals surface area contributed by atoms with Gasteiger partial charge in [0.2, 0.25) is 12.3 Å². The third-order valence-electron chi connectivity index (χ3n) is 8.95. The summed E-state index contributed by atoms with van der Waals surface area (Å²) in [5.41, 5.74) is 8.12. The second-order valence-corrected chi connectivity index (χ2v) is 11.6. The van der Waals surface area contributed by atoms with Crippen molar-refractivity contribution in [3.8, 4) is 39.6 Å². The molecule has 8 heteroatoms. The Bertz CT molecular complexity index is 1870. The van der Waals surface area contributed by atoms with E-state index in [-0.39, 0.29) is 17.4 Å². The van der Waals surface area contributed by atoms with E-state index in [9.17, 15) is 9.59 Å². The molecule has 0 bridgehead atoms. The third kappa shape index (κ3) is 4.29. The minimum atomic E-state index is -0.294. The molecule has 0 unspecified atom stereocenters. The van der Waals surface area contributed by atoms with Gasteiger partial charge in [-0.1, -0.05) is 48.5 Å². The summed E-state index contributed by atoms with van der Waals surface area (Å²) in [4.78, 5) is 33.8. The van der Waals surface area contributed by atoms with Crippen molar-refractivity contribution in [1.29, 1.82) is 0 Å². The first-order valence-corrected chi connectivity index (χ1v) is 14.8. The molecule has 43 heavy (non-hydrogen) atoms. The molecule has 1 aliphatic heterocycles. The van der Waals surface area contributed by atoms with Crippen LogP contribution in [0.2, 0.25) is 0 Å². The number of fused-ring (bicyclic) bond motifs is 5. The van der Waals surface area contributed by atoms with Crippen molar-refractivity contribution in [2.75, 3.05) is 10.6 Å². The maximum atomic E-state index is 12.4. The Kier molecular flexibility index (Phi) is 5.89. The van der Waals surface area contributed by atoms with E-state index >= 15 is 0 Å². The Morgan fingerprint density at radius 2 is 1.70 bits per heavy atom. The molecule has 0 atom stereocenters. The van der Waals surface area contributed by atoms with Crippen molar-refractivity contribution in [2.45, 2.75) is 37.6 Å². The molecule has 3 aliphatic rings. The normalized spacial score (nSPS) is 15.9. The van der Waals surface area contributed by atoms with E-state index in [4.69, 9.17) is 9.97 Å². The third-order valence-corrected chi connectivity index (χ3v) is 8.95. The number of pyridine rings is 1. The standard InChI is InChI=1S/C35H30N6O2/c42-21-37-35(18-4-19-35)25-14-10-23(11-15-25)31-30(22-12-16-26(17-13-22)38-34(43)24-8-9-24)40-33-27-5-1-2-6-28(27)39-32-29(41(31)33)7-3-20-36-32/h1-3,5-7,10-17,20-21,24H,4,8-9,18-19H2,(H,36,39)(H,37,42)(H,38,43). The molecule has 2 aliphatic carbocycles. The monoisotopic (exact) mass is 566 g/mol. The van der Waals surface area contributed by atoms with Crippen LogP contribution in [-0.2, 0) is 15.1 Å². The summed E-state index contributed by atoms with van der Waals surface area (Å²) >= 11 is 0. The highest BCUT2D eigenvalue weighted by atomic mass is 16.2. The van der Waals surface area contributed by atoms with Crippen LogP contribution in [0.5, 0.6) is 0 Å². The van der Waals surface area contributed by atoms with E-state index in [2.05, 4.69) is 56.9 Å². The fourth-order valence-corrected chi connectivity index (χ4v) is 6.30. The molecule has 3 N–H and O–H groups in total. The summed E-state index contributed by atoms with van der Waals surface area (Å²) in [7, 11) is 0. The van der Waals surface area contributed by atoms with Crippen molar-refractivity contribution in [2.24, 2.45) is 5.92 Å². The van der Waals surface area contributed by atoms with Crippen molar-refractivity contribution in [3.63, 3.8) is 0 Å². The second-order valence-electron chi connectivity index (χ2n) is 11.6. The van der Waals surface area contributed by atoms with Crippen LogP contribution in [0.3, 0.4) is 0 Å². The van der Waals surface area contributed by atoms with Crippen LogP contribution in [0, 0.1) is 5.92 Å². The molecule has 0 radical (unpaired) electrons. The SMILES string of the molecule is O=CNC1(c2ccc(-c3c(-c4ccc(NC(=O)C5CC5)cc4)nc4n3-c3cccnc3Nc3ccccc3-4)cc2)CCC1. The molecule has 3 heterocycles. The van der Waals surface area contributed by atoms with Gasteiger partial charge in [0, 0.05) is 34.5 Å². The zero-order valence-corrected chi connectivity index (χ0v) is 23.5. The second kappa shape index (κ2) is 9.94. The lowest BCUT2D eigenvalue weighted by molar-refractivity contribution is -0.117. The molecule has 2 aromatic heterocycles. The summed E-state index contributed by atoms with van der Waals surface area (Å²) in [6, 6.07) is 28.6. The lowest BCUT2D eigenvalue weighted by Crippen LogP contribution is -2.47. The highest BCUT2D eigenvalue weighted by Crippen LogP contribution is 2.46. The van der Waals surface area contributed by atoms with Gasteiger partial charge in [0.1, 0.15) is 5.82 Å². The fourth-order valence-electron chi connectivity index (χ4n) is 6.30. The van der Waals surface area contributed by atoms with Gasteiger partial charge in [-0.2, -0.15) is 0 Å². The van der Waals surface area contributed by atoms with Gasteiger partial charge in [-0.15, -0.1) is 0 Å². The maximum absolute atomic E-state index is 12.4. The average molecular weight is 567 g/mol. The van der Waals surface area contributed by atoms with E-state index in [0.717, 1.165) is 101 Å². The van der Waals surface area contributed by atoms with Crippen LogP contribution < -0.4 is 16.0 Å². The number of nitrogens with zero attached hydrogens (tertiary/aromatic N) is 3. The highest BCUT2D eigenvalue weighted by Gasteiger charge is 2.38. The molecule has 2 saturated carbocycles. The smallest absolute Gasteiger partial charge is 0.227 e. The van der Waals surface area contributed by atoms with Crippen LogP contribution >= 0.6 is 0 Å². The number of amides is 2. The first-order chi connectivity index (χ1) is 21.1. The number of rotatable bonds is 7. The number of anilines is 3. The Morgan fingerprint density at radius 1 is 0.930 bits per heavy atom. The Morgan fingerprint density at radius 3 is 2.42 bits per heavy atom. The van der Waals surface area contributed by atoms with Crippen molar-refractivity contribution in [3.05, 3.63) is 96.7 Å². The van der Waals surface area contributed by atoms with Gasteiger partial charge < -0.3 is 16.0 Å². The molecule has 5 aromatic rings. The lowest BCUT2D eigenvalue weighted by atomic mass is 9.72. The number of nitrogens with one attached hydrogen (secondary N) is 3. The number of carbonyl (C=O) groups excluding carboxylic acids is 2. The predicted molar refractivity (Wildman–Crippen MR) is 167 cm³/mol. The van der Waals surface area contributed by atoms with E-state index in [1.807, 2.05) is 48.5 Å². The first-order valence-electron chi connectivity index (χ1n) is 14.8. The predicted octanol–water partition coefficient (Wildman–Crippen LogP) is 6.80. The zero-order chi connectivity index (χ0) is 29.0. The zero-order valence-electron chi connectivity index (χ0n) is 23.5. The molecule has 0 spiro atoms. The topological polar surface area (TPSA) is 101 Å². The molecular weight excluding hydrogens is 536 g/mol. The van der Waals surface area contributed by atoms with Gasteiger partial charge in [0.25, 0.3) is 0 Å². The molecular formula is C35H30N6O2. The van der Waals surface area contributed by atoms with E-state index < -0.39 is 0 Å². The molecule has 212 valence electrons. The van der Waals surface area contributed by atoms with Crippen LogP contribution in [0.25, 0.3) is 39.6 Å². The van der Waals surface area contributed by atoms with E-state index in [1.165, 1.54) is 0 Å². The molecule has 2 fully saturated rings. The maximum Gasteiger partial charge on any atom is 0.227 e. The number of para-hydroxylation sites is 1. The number of hydrogen-bond acceptors (Lipinski definition) is 5. The number of benzene rings is 3. The number of imidazole rings is 1. The van der Waals surface area contributed by atoms with Gasteiger partial charge in [0.05, 0.1) is 28.3 Å². The Hall–Kier alpha value is -5.24. The summed E-state index contributed by atoms with van der Waals surface area (Å²) in [5.74, 6) is 1.79. The average Bonchev–Trinajstić information content (AvgIpc) is 3.82. The summed E-state index contributed by atoms with van der Waals surface area (Å²) in [6.07, 6.45) is 7.49. The number of aromatic nitrogens is 3. The van der Waals surface area contributed by atoms with Crippen molar-refractivity contribution < 1.29 is 9.59 Å². The van der Waals surface area contributed by atoms with Gasteiger partial charge in [-0.3, -0.25) is 14.2 Å². The van der Waals surface area contributed by atoms with Gasteiger partial charge in [-0.05, 0) is 74.1 Å². The molecule has 8 rings (SSSR count). The summed E-state index contributed by atoms with van der Waals surface area (Å²) in [5, 5.41) is 9.63. The van der Waals surface area contributed by atoms with Gasteiger partial charge in [-0.25, -0.2) is 9.97 Å². The first kappa shape index (κ1) is 25.5. The minimum absolute atomic E-state index is 0.0868. The Labute approximate surface area is 249 Å². The number of carbonyl (C=O) groups is 2. The summed E-state index contributed by atoms with van der Waals surface area (Å²) < 4.78 is 2.19. The quantitative estimate of drug-likeness (QED) is 0.185.